The standard InChI is InChI=1S/C13H20O2/c1-4-11-5-7-12(8-6-11)15-10-9-13(2,3)14/h5-8,14H,4,9-10H2,1-3H3. The minimum absolute atomic E-state index is 0.551. The van der Waals surface area contributed by atoms with Gasteiger partial charge in [-0.15, -0.1) is 0 Å². The van der Waals surface area contributed by atoms with Crippen LogP contribution in [0.5, 0.6) is 5.75 Å². The molecule has 0 aromatic heterocycles. The maximum absolute atomic E-state index is 9.50. The Balaban J connectivity index is 2.38. The highest BCUT2D eigenvalue weighted by Gasteiger charge is 2.11. The molecule has 0 amide bonds. The quantitative estimate of drug-likeness (QED) is 0.806. The fourth-order valence-corrected chi connectivity index (χ4v) is 1.24. The first-order valence-electron chi connectivity index (χ1n) is 5.45. The lowest BCUT2D eigenvalue weighted by atomic mass is 10.1. The SMILES string of the molecule is CCc1ccc(OCCC(C)(C)O)cc1. The molecule has 0 aliphatic rings. The minimum Gasteiger partial charge on any atom is -0.493 e. The Morgan fingerprint density at radius 3 is 2.27 bits per heavy atom. The number of hydrogen-bond donors (Lipinski definition) is 1. The van der Waals surface area contributed by atoms with Gasteiger partial charge < -0.3 is 9.84 Å². The van der Waals surface area contributed by atoms with Crippen molar-refractivity contribution in [2.45, 2.75) is 39.2 Å². The first-order chi connectivity index (χ1) is 7.01. The Kier molecular flexibility index (Phi) is 4.15. The summed E-state index contributed by atoms with van der Waals surface area (Å²) in [6.45, 7) is 6.26. The van der Waals surface area contributed by atoms with Crippen molar-refractivity contribution in [3.8, 4) is 5.75 Å². The maximum Gasteiger partial charge on any atom is 0.119 e. The van der Waals surface area contributed by atoms with Crippen LogP contribution < -0.4 is 4.74 Å². The third-order valence-corrected chi connectivity index (χ3v) is 2.31. The lowest BCUT2D eigenvalue weighted by Gasteiger charge is -2.17. The van der Waals surface area contributed by atoms with E-state index < -0.39 is 5.60 Å². The number of hydrogen-bond acceptors (Lipinski definition) is 2. The van der Waals surface area contributed by atoms with Crippen LogP contribution in [0.2, 0.25) is 0 Å². The lowest BCUT2D eigenvalue weighted by Crippen LogP contribution is -2.21. The Morgan fingerprint density at radius 2 is 1.80 bits per heavy atom. The summed E-state index contributed by atoms with van der Waals surface area (Å²) in [7, 11) is 0. The van der Waals surface area contributed by atoms with Crippen LogP contribution in [0.1, 0.15) is 32.8 Å². The zero-order valence-electron chi connectivity index (χ0n) is 9.79. The molecule has 1 N–H and O–H groups in total. The fourth-order valence-electron chi connectivity index (χ4n) is 1.24. The molecule has 2 heteroatoms. The molecule has 0 unspecified atom stereocenters. The molecule has 0 aliphatic heterocycles. The Labute approximate surface area is 91.9 Å². The smallest absolute Gasteiger partial charge is 0.119 e. The van der Waals surface area contributed by atoms with Crippen LogP contribution in [0.4, 0.5) is 0 Å². The minimum atomic E-state index is -0.649. The van der Waals surface area contributed by atoms with Crippen LogP contribution in [0, 0.1) is 0 Å². The monoisotopic (exact) mass is 208 g/mol. The van der Waals surface area contributed by atoms with E-state index in [1.165, 1.54) is 5.56 Å². The molecule has 84 valence electrons. The summed E-state index contributed by atoms with van der Waals surface area (Å²) < 4.78 is 5.52. The first kappa shape index (κ1) is 12.1. The van der Waals surface area contributed by atoms with Gasteiger partial charge in [0.05, 0.1) is 12.2 Å². The Morgan fingerprint density at radius 1 is 1.20 bits per heavy atom. The van der Waals surface area contributed by atoms with Gasteiger partial charge >= 0.3 is 0 Å². The highest BCUT2D eigenvalue weighted by molar-refractivity contribution is 5.27. The Bertz CT molecular complexity index is 282. The predicted molar refractivity (Wildman–Crippen MR) is 62.2 cm³/mol. The van der Waals surface area contributed by atoms with Crippen LogP contribution in [0.15, 0.2) is 24.3 Å². The van der Waals surface area contributed by atoms with Crippen molar-refractivity contribution in [3.63, 3.8) is 0 Å². The van der Waals surface area contributed by atoms with E-state index in [0.29, 0.717) is 13.0 Å². The summed E-state index contributed by atoms with van der Waals surface area (Å²) in [6.07, 6.45) is 1.69. The summed E-state index contributed by atoms with van der Waals surface area (Å²) in [6, 6.07) is 8.09. The van der Waals surface area contributed by atoms with Gasteiger partial charge in [0.25, 0.3) is 0 Å². The molecule has 0 atom stereocenters. The van der Waals surface area contributed by atoms with Crippen LogP contribution >= 0.6 is 0 Å². The molecule has 1 aromatic carbocycles. The molecule has 2 nitrogen and oxygen atoms in total. The summed E-state index contributed by atoms with van der Waals surface area (Å²) in [4.78, 5) is 0. The molecule has 1 aromatic rings. The van der Waals surface area contributed by atoms with E-state index in [2.05, 4.69) is 19.1 Å². The number of benzene rings is 1. The van der Waals surface area contributed by atoms with Crippen molar-refractivity contribution >= 4 is 0 Å². The van der Waals surface area contributed by atoms with Gasteiger partial charge in [-0.1, -0.05) is 19.1 Å². The predicted octanol–water partition coefficient (Wildman–Crippen LogP) is 2.79. The van der Waals surface area contributed by atoms with Crippen LogP contribution in [0.25, 0.3) is 0 Å². The summed E-state index contributed by atoms with van der Waals surface area (Å²) in [5.74, 6) is 0.872. The maximum atomic E-state index is 9.50. The van der Waals surface area contributed by atoms with E-state index in [0.717, 1.165) is 12.2 Å². The van der Waals surface area contributed by atoms with Gasteiger partial charge in [0.2, 0.25) is 0 Å². The highest BCUT2D eigenvalue weighted by Crippen LogP contribution is 2.14. The largest absolute Gasteiger partial charge is 0.493 e. The second-order valence-electron chi connectivity index (χ2n) is 4.41. The van der Waals surface area contributed by atoms with Crippen molar-refractivity contribution in [1.82, 2.24) is 0 Å². The summed E-state index contributed by atoms with van der Waals surface area (Å²) >= 11 is 0. The van der Waals surface area contributed by atoms with E-state index in [1.54, 1.807) is 13.8 Å². The molecule has 0 bridgehead atoms. The van der Waals surface area contributed by atoms with Crippen molar-refractivity contribution in [2.24, 2.45) is 0 Å². The first-order valence-corrected chi connectivity index (χ1v) is 5.45. The van der Waals surface area contributed by atoms with Gasteiger partial charge in [0.1, 0.15) is 5.75 Å². The van der Waals surface area contributed by atoms with Gasteiger partial charge in [0, 0.05) is 6.42 Å². The average molecular weight is 208 g/mol. The molecule has 1 rings (SSSR count). The zero-order chi connectivity index (χ0) is 11.3. The second kappa shape index (κ2) is 5.17. The molecule has 0 heterocycles. The van der Waals surface area contributed by atoms with Crippen molar-refractivity contribution in [1.29, 1.82) is 0 Å². The number of aliphatic hydroxyl groups is 1. The third-order valence-electron chi connectivity index (χ3n) is 2.31. The van der Waals surface area contributed by atoms with Crippen molar-refractivity contribution in [3.05, 3.63) is 29.8 Å². The van der Waals surface area contributed by atoms with Gasteiger partial charge in [-0.05, 0) is 38.0 Å². The molecule has 0 aliphatic carbocycles. The fraction of sp³-hybridized carbons (Fsp3) is 0.538. The number of rotatable bonds is 5. The molecule has 0 saturated heterocycles. The molecule has 15 heavy (non-hydrogen) atoms. The van der Waals surface area contributed by atoms with Crippen LogP contribution in [0.3, 0.4) is 0 Å². The van der Waals surface area contributed by atoms with E-state index in [9.17, 15) is 5.11 Å². The average Bonchev–Trinajstić information content (AvgIpc) is 2.17. The van der Waals surface area contributed by atoms with Gasteiger partial charge in [-0.3, -0.25) is 0 Å². The van der Waals surface area contributed by atoms with Gasteiger partial charge in [-0.2, -0.15) is 0 Å². The molecule has 0 saturated carbocycles. The van der Waals surface area contributed by atoms with Gasteiger partial charge in [-0.25, -0.2) is 0 Å². The highest BCUT2D eigenvalue weighted by atomic mass is 16.5. The second-order valence-corrected chi connectivity index (χ2v) is 4.41. The van der Waals surface area contributed by atoms with Gasteiger partial charge in [0.15, 0.2) is 0 Å². The third kappa shape index (κ3) is 4.84. The van der Waals surface area contributed by atoms with E-state index >= 15 is 0 Å². The van der Waals surface area contributed by atoms with E-state index in [1.807, 2.05) is 12.1 Å². The molecular formula is C13H20O2. The molecule has 0 spiro atoms. The van der Waals surface area contributed by atoms with E-state index in [4.69, 9.17) is 4.74 Å². The number of aryl methyl sites for hydroxylation is 1. The van der Waals surface area contributed by atoms with Crippen LogP contribution in [-0.4, -0.2) is 17.3 Å². The summed E-state index contributed by atoms with van der Waals surface area (Å²) in [5, 5.41) is 9.50. The Hall–Kier alpha value is -1.02. The van der Waals surface area contributed by atoms with Crippen molar-refractivity contribution in [2.75, 3.05) is 6.61 Å². The molecule has 0 fully saturated rings. The summed E-state index contributed by atoms with van der Waals surface area (Å²) in [5.41, 5.74) is 0.661. The van der Waals surface area contributed by atoms with Crippen molar-refractivity contribution < 1.29 is 9.84 Å². The normalized spacial score (nSPS) is 11.5. The molecular weight excluding hydrogens is 188 g/mol. The molecule has 0 radical (unpaired) electrons. The van der Waals surface area contributed by atoms with Crippen LogP contribution in [-0.2, 0) is 6.42 Å². The topological polar surface area (TPSA) is 29.5 Å². The number of ether oxygens (including phenoxy) is 1. The van der Waals surface area contributed by atoms with E-state index in [-0.39, 0.29) is 0 Å². The lowest BCUT2D eigenvalue weighted by molar-refractivity contribution is 0.0553. The zero-order valence-corrected chi connectivity index (χ0v) is 9.79.